The van der Waals surface area contributed by atoms with Crippen LogP contribution in [0.3, 0.4) is 0 Å². The van der Waals surface area contributed by atoms with E-state index in [1.807, 2.05) is 18.2 Å². The van der Waals surface area contributed by atoms with Gasteiger partial charge in [-0.05, 0) is 31.4 Å². The monoisotopic (exact) mass is 206 g/mol. The van der Waals surface area contributed by atoms with Crippen LogP contribution in [0.2, 0.25) is 0 Å². The second kappa shape index (κ2) is 3.26. The molecule has 1 aromatic rings. The maximum Gasteiger partial charge on any atom is 0.313 e. The molecule has 0 spiro atoms. The van der Waals surface area contributed by atoms with Gasteiger partial charge in [-0.2, -0.15) is 0 Å². The van der Waals surface area contributed by atoms with Crippen LogP contribution in [0.25, 0.3) is 0 Å². The Labute approximate surface area is 88.7 Å². The Morgan fingerprint density at radius 3 is 2.87 bits per heavy atom. The molecule has 0 radical (unpaired) electrons. The van der Waals surface area contributed by atoms with E-state index in [2.05, 4.69) is 0 Å². The Hall–Kier alpha value is -1.51. The minimum Gasteiger partial charge on any atom is -0.496 e. The van der Waals surface area contributed by atoms with Crippen LogP contribution in [0.5, 0.6) is 5.75 Å². The fraction of sp³-hybridized carbons (Fsp3) is 0.417. The number of hydrogen-bond acceptors (Lipinski definition) is 2. The van der Waals surface area contributed by atoms with Crippen molar-refractivity contribution in [3.63, 3.8) is 0 Å². The highest BCUT2D eigenvalue weighted by molar-refractivity contribution is 5.84. The summed E-state index contributed by atoms with van der Waals surface area (Å²) in [5, 5.41) is 9.28. The van der Waals surface area contributed by atoms with Crippen LogP contribution in [0.1, 0.15) is 24.5 Å². The van der Waals surface area contributed by atoms with Gasteiger partial charge < -0.3 is 9.84 Å². The van der Waals surface area contributed by atoms with Crippen molar-refractivity contribution in [2.75, 3.05) is 7.11 Å². The van der Waals surface area contributed by atoms with E-state index >= 15 is 0 Å². The zero-order valence-electron chi connectivity index (χ0n) is 8.91. The average Bonchev–Trinajstić information content (AvgIpc) is 2.58. The van der Waals surface area contributed by atoms with Crippen molar-refractivity contribution in [3.05, 3.63) is 29.3 Å². The largest absolute Gasteiger partial charge is 0.496 e. The third-order valence-corrected chi connectivity index (χ3v) is 3.25. The number of rotatable bonds is 2. The summed E-state index contributed by atoms with van der Waals surface area (Å²) in [6.07, 6.45) is 1.47. The summed E-state index contributed by atoms with van der Waals surface area (Å²) in [7, 11) is 1.58. The normalized spacial score (nSPS) is 23.6. The number of methoxy groups -OCH3 is 1. The lowest BCUT2D eigenvalue weighted by molar-refractivity contribution is -0.143. The van der Waals surface area contributed by atoms with Gasteiger partial charge in [-0.15, -0.1) is 0 Å². The predicted octanol–water partition coefficient (Wildman–Crippen LogP) is 1.98. The second-order valence-corrected chi connectivity index (χ2v) is 4.13. The third-order valence-electron chi connectivity index (χ3n) is 3.25. The molecule has 1 atom stereocenters. The summed E-state index contributed by atoms with van der Waals surface area (Å²) in [4.78, 5) is 11.3. The molecule has 0 saturated carbocycles. The van der Waals surface area contributed by atoms with Gasteiger partial charge in [0.2, 0.25) is 0 Å². The van der Waals surface area contributed by atoms with Gasteiger partial charge >= 0.3 is 5.97 Å². The average molecular weight is 206 g/mol. The number of carbonyl (C=O) groups is 1. The molecular formula is C12H14O3. The van der Waals surface area contributed by atoms with Crippen molar-refractivity contribution in [3.8, 4) is 5.75 Å². The van der Waals surface area contributed by atoms with Crippen molar-refractivity contribution >= 4 is 5.97 Å². The molecule has 15 heavy (non-hydrogen) atoms. The zero-order chi connectivity index (χ0) is 11.1. The van der Waals surface area contributed by atoms with Gasteiger partial charge in [0.15, 0.2) is 0 Å². The van der Waals surface area contributed by atoms with Gasteiger partial charge in [0.25, 0.3) is 0 Å². The van der Waals surface area contributed by atoms with E-state index in [-0.39, 0.29) is 0 Å². The summed E-state index contributed by atoms with van der Waals surface area (Å²) in [5.41, 5.74) is 1.15. The predicted molar refractivity (Wildman–Crippen MR) is 56.3 cm³/mol. The highest BCUT2D eigenvalue weighted by atomic mass is 16.5. The number of fused-ring (bicyclic) bond motifs is 1. The van der Waals surface area contributed by atoms with Crippen molar-refractivity contribution in [1.29, 1.82) is 0 Å². The van der Waals surface area contributed by atoms with Gasteiger partial charge in [-0.25, -0.2) is 0 Å². The highest BCUT2D eigenvalue weighted by Crippen LogP contribution is 2.43. The number of ether oxygens (including phenoxy) is 1. The number of carboxylic acid groups (broad SMARTS) is 1. The molecule has 0 amide bonds. The van der Waals surface area contributed by atoms with Gasteiger partial charge in [0, 0.05) is 5.56 Å². The Morgan fingerprint density at radius 2 is 2.27 bits per heavy atom. The van der Waals surface area contributed by atoms with Crippen molar-refractivity contribution < 1.29 is 14.6 Å². The lowest BCUT2D eigenvalue weighted by Crippen LogP contribution is -2.29. The van der Waals surface area contributed by atoms with Gasteiger partial charge in [0.1, 0.15) is 5.75 Å². The Bertz CT molecular complexity index is 411. The Kier molecular flexibility index (Phi) is 2.18. The topological polar surface area (TPSA) is 46.5 Å². The quantitative estimate of drug-likeness (QED) is 0.804. The summed E-state index contributed by atoms with van der Waals surface area (Å²) in [6.45, 7) is 1.77. The molecule has 1 aliphatic rings. The van der Waals surface area contributed by atoms with Crippen molar-refractivity contribution in [1.82, 2.24) is 0 Å². The van der Waals surface area contributed by atoms with Gasteiger partial charge in [-0.1, -0.05) is 12.1 Å². The Morgan fingerprint density at radius 1 is 1.53 bits per heavy atom. The second-order valence-electron chi connectivity index (χ2n) is 4.13. The molecule has 1 aromatic carbocycles. The van der Waals surface area contributed by atoms with Crippen LogP contribution in [0.4, 0.5) is 0 Å². The number of carboxylic acids is 1. The van der Waals surface area contributed by atoms with Crippen LogP contribution < -0.4 is 4.74 Å². The number of benzene rings is 1. The van der Waals surface area contributed by atoms with Crippen LogP contribution in [-0.4, -0.2) is 18.2 Å². The minimum absolute atomic E-state index is 0.651. The smallest absolute Gasteiger partial charge is 0.313 e. The number of aryl methyl sites for hydroxylation is 1. The molecule has 0 bridgehead atoms. The van der Waals surface area contributed by atoms with Crippen LogP contribution in [0.15, 0.2) is 18.2 Å². The van der Waals surface area contributed by atoms with E-state index in [0.717, 1.165) is 17.5 Å². The first-order chi connectivity index (χ1) is 7.09. The highest BCUT2D eigenvalue weighted by Gasteiger charge is 2.43. The molecule has 3 heteroatoms. The fourth-order valence-electron chi connectivity index (χ4n) is 2.30. The third kappa shape index (κ3) is 1.30. The molecule has 2 rings (SSSR count). The molecular weight excluding hydrogens is 192 g/mol. The minimum atomic E-state index is -0.790. The maximum absolute atomic E-state index is 11.3. The van der Waals surface area contributed by atoms with Crippen LogP contribution >= 0.6 is 0 Å². The Balaban J connectivity index is 2.62. The lowest BCUT2D eigenvalue weighted by Gasteiger charge is -2.21. The van der Waals surface area contributed by atoms with E-state index < -0.39 is 11.4 Å². The first kappa shape index (κ1) is 10.0. The van der Waals surface area contributed by atoms with Crippen LogP contribution in [0, 0.1) is 0 Å². The molecule has 0 aromatic heterocycles. The first-order valence-electron chi connectivity index (χ1n) is 4.99. The SMILES string of the molecule is COc1cccc2c1[C@@](C)(C(=O)O)CC2. The van der Waals surface area contributed by atoms with E-state index in [1.54, 1.807) is 14.0 Å². The molecule has 80 valence electrons. The van der Waals surface area contributed by atoms with E-state index in [1.165, 1.54) is 0 Å². The molecule has 0 saturated heterocycles. The molecule has 0 heterocycles. The van der Waals surface area contributed by atoms with Crippen LogP contribution in [-0.2, 0) is 16.6 Å². The van der Waals surface area contributed by atoms with E-state index in [9.17, 15) is 9.90 Å². The standard InChI is InChI=1S/C12H14O3/c1-12(11(13)14)7-6-8-4-3-5-9(15-2)10(8)12/h3-5H,6-7H2,1-2H3,(H,13,14)/t12-/m0/s1. The van der Waals surface area contributed by atoms with E-state index in [0.29, 0.717) is 12.2 Å². The first-order valence-corrected chi connectivity index (χ1v) is 4.99. The summed E-state index contributed by atoms with van der Waals surface area (Å²) >= 11 is 0. The van der Waals surface area contributed by atoms with Gasteiger partial charge in [-0.3, -0.25) is 4.79 Å². The number of hydrogen-bond donors (Lipinski definition) is 1. The molecule has 3 nitrogen and oxygen atoms in total. The molecule has 0 fully saturated rings. The number of aliphatic carboxylic acids is 1. The summed E-state index contributed by atoms with van der Waals surface area (Å²) < 4.78 is 5.24. The van der Waals surface area contributed by atoms with Crippen molar-refractivity contribution in [2.45, 2.75) is 25.2 Å². The maximum atomic E-state index is 11.3. The lowest BCUT2D eigenvalue weighted by atomic mass is 9.84. The molecule has 0 unspecified atom stereocenters. The van der Waals surface area contributed by atoms with Crippen molar-refractivity contribution in [2.24, 2.45) is 0 Å². The fourth-order valence-corrected chi connectivity index (χ4v) is 2.30. The molecule has 1 aliphatic carbocycles. The van der Waals surface area contributed by atoms with Gasteiger partial charge in [0.05, 0.1) is 12.5 Å². The van der Waals surface area contributed by atoms with E-state index in [4.69, 9.17) is 4.74 Å². The molecule has 0 aliphatic heterocycles. The summed E-state index contributed by atoms with van der Waals surface area (Å²) in [6, 6.07) is 5.71. The zero-order valence-corrected chi connectivity index (χ0v) is 8.91. The molecule has 1 N–H and O–H groups in total. The summed E-state index contributed by atoms with van der Waals surface area (Å²) in [5.74, 6) is -0.0827.